The molecule has 0 fully saturated rings. The number of aromatic carboxylic acids is 1. The number of carbonyl (C=O) groups is 1. The zero-order valence-electron chi connectivity index (χ0n) is 11.7. The SMILES string of the molecule is Cc1cc2c(-c3cccc(C(F)(F)F)c3)nc(C(=O)O)nc2s1. The molecule has 4 nitrogen and oxygen atoms in total. The molecule has 0 saturated heterocycles. The minimum absolute atomic E-state index is 0.183. The Kier molecular flexibility index (Phi) is 3.56. The summed E-state index contributed by atoms with van der Waals surface area (Å²) in [6.45, 7) is 1.81. The van der Waals surface area contributed by atoms with Gasteiger partial charge in [-0.05, 0) is 25.1 Å². The maximum absolute atomic E-state index is 12.9. The number of carboxylic acid groups (broad SMARTS) is 1. The van der Waals surface area contributed by atoms with Crippen molar-refractivity contribution in [3.8, 4) is 11.3 Å². The van der Waals surface area contributed by atoms with Crippen LogP contribution in [-0.4, -0.2) is 21.0 Å². The number of fused-ring (bicyclic) bond motifs is 1. The zero-order valence-corrected chi connectivity index (χ0v) is 12.5. The molecule has 0 bridgehead atoms. The molecule has 1 N–H and O–H groups in total. The van der Waals surface area contributed by atoms with Gasteiger partial charge in [-0.2, -0.15) is 13.2 Å². The quantitative estimate of drug-likeness (QED) is 0.753. The second-order valence-electron chi connectivity index (χ2n) is 4.86. The van der Waals surface area contributed by atoms with Crippen molar-refractivity contribution >= 4 is 27.5 Å². The number of thiophene rings is 1. The molecule has 0 saturated carbocycles. The van der Waals surface area contributed by atoms with Gasteiger partial charge in [-0.1, -0.05) is 12.1 Å². The van der Waals surface area contributed by atoms with E-state index in [1.807, 2.05) is 6.92 Å². The summed E-state index contributed by atoms with van der Waals surface area (Å²) in [6, 6.07) is 6.39. The summed E-state index contributed by atoms with van der Waals surface area (Å²) in [4.78, 5) is 20.3. The van der Waals surface area contributed by atoms with Crippen LogP contribution in [0, 0.1) is 6.92 Å². The molecular formula is C15H9F3N2O2S. The van der Waals surface area contributed by atoms with E-state index in [-0.39, 0.29) is 11.3 Å². The van der Waals surface area contributed by atoms with Crippen LogP contribution in [0.2, 0.25) is 0 Å². The Bertz CT molecular complexity index is 919. The van der Waals surface area contributed by atoms with Gasteiger partial charge in [0, 0.05) is 15.8 Å². The lowest BCUT2D eigenvalue weighted by atomic mass is 10.1. The number of nitrogens with zero attached hydrogens (tertiary/aromatic N) is 2. The molecule has 8 heteroatoms. The lowest BCUT2D eigenvalue weighted by Crippen LogP contribution is -2.06. The summed E-state index contributed by atoms with van der Waals surface area (Å²) in [5.74, 6) is -1.77. The third-order valence-corrected chi connectivity index (χ3v) is 4.11. The summed E-state index contributed by atoms with van der Waals surface area (Å²) in [6.07, 6.45) is -4.48. The van der Waals surface area contributed by atoms with Crippen molar-refractivity contribution in [2.75, 3.05) is 0 Å². The lowest BCUT2D eigenvalue weighted by Gasteiger charge is -2.09. The third-order valence-electron chi connectivity index (χ3n) is 3.17. The highest BCUT2D eigenvalue weighted by atomic mass is 32.1. The minimum atomic E-state index is -4.48. The number of hydrogen-bond donors (Lipinski definition) is 1. The first-order valence-electron chi connectivity index (χ1n) is 6.45. The summed E-state index contributed by atoms with van der Waals surface area (Å²) < 4.78 is 38.7. The van der Waals surface area contributed by atoms with Gasteiger partial charge in [0.1, 0.15) is 4.83 Å². The van der Waals surface area contributed by atoms with Gasteiger partial charge in [0.25, 0.3) is 0 Å². The molecule has 0 aliphatic rings. The van der Waals surface area contributed by atoms with E-state index in [4.69, 9.17) is 5.11 Å². The number of aryl methyl sites for hydroxylation is 1. The number of rotatable bonds is 2. The second-order valence-corrected chi connectivity index (χ2v) is 6.09. The summed E-state index contributed by atoms with van der Waals surface area (Å²) in [7, 11) is 0. The van der Waals surface area contributed by atoms with Gasteiger partial charge >= 0.3 is 12.1 Å². The molecule has 1 aromatic carbocycles. The van der Waals surface area contributed by atoms with Crippen LogP contribution >= 0.6 is 11.3 Å². The van der Waals surface area contributed by atoms with E-state index in [0.717, 1.165) is 17.0 Å². The number of carboxylic acids is 1. The van der Waals surface area contributed by atoms with E-state index in [1.165, 1.54) is 23.5 Å². The first-order chi connectivity index (χ1) is 10.8. The lowest BCUT2D eigenvalue weighted by molar-refractivity contribution is -0.137. The van der Waals surface area contributed by atoms with Crippen LogP contribution in [0.1, 0.15) is 21.1 Å². The van der Waals surface area contributed by atoms with Gasteiger partial charge in [0.15, 0.2) is 0 Å². The van der Waals surface area contributed by atoms with Crippen LogP contribution in [0.25, 0.3) is 21.5 Å². The fourth-order valence-electron chi connectivity index (χ4n) is 2.20. The van der Waals surface area contributed by atoms with Crippen molar-refractivity contribution < 1.29 is 23.1 Å². The van der Waals surface area contributed by atoms with Crippen LogP contribution in [0.15, 0.2) is 30.3 Å². The molecular weight excluding hydrogens is 329 g/mol. The van der Waals surface area contributed by atoms with Crippen molar-refractivity contribution in [2.45, 2.75) is 13.1 Å². The standard InChI is InChI=1S/C15H9F3N2O2S/c1-7-5-10-11(19-12(14(21)22)20-13(10)23-7)8-3-2-4-9(6-8)15(16,17)18/h2-6H,1H3,(H,21,22). The predicted molar refractivity (Wildman–Crippen MR) is 79.5 cm³/mol. The Hall–Kier alpha value is -2.48. The topological polar surface area (TPSA) is 63.1 Å². The predicted octanol–water partition coefficient (Wildman–Crippen LogP) is 4.38. The largest absolute Gasteiger partial charge is 0.475 e. The smallest absolute Gasteiger partial charge is 0.416 e. The van der Waals surface area contributed by atoms with E-state index < -0.39 is 23.5 Å². The van der Waals surface area contributed by atoms with Gasteiger partial charge in [0.2, 0.25) is 5.82 Å². The molecule has 0 amide bonds. The average molecular weight is 338 g/mol. The van der Waals surface area contributed by atoms with Crippen molar-refractivity contribution in [1.29, 1.82) is 0 Å². The average Bonchev–Trinajstić information content (AvgIpc) is 2.85. The van der Waals surface area contributed by atoms with Crippen molar-refractivity contribution in [2.24, 2.45) is 0 Å². The molecule has 3 aromatic rings. The highest BCUT2D eigenvalue weighted by Crippen LogP contribution is 2.35. The van der Waals surface area contributed by atoms with Crippen molar-refractivity contribution in [1.82, 2.24) is 9.97 Å². The zero-order chi connectivity index (χ0) is 16.8. The fraction of sp³-hybridized carbons (Fsp3) is 0.133. The van der Waals surface area contributed by atoms with Gasteiger partial charge < -0.3 is 5.11 Å². The van der Waals surface area contributed by atoms with Crippen molar-refractivity contribution in [3.05, 3.63) is 46.6 Å². The molecule has 118 valence electrons. The Balaban J connectivity index is 2.28. The third kappa shape index (κ3) is 2.89. The minimum Gasteiger partial charge on any atom is -0.475 e. The van der Waals surface area contributed by atoms with Gasteiger partial charge in [0.05, 0.1) is 11.3 Å². The van der Waals surface area contributed by atoms with E-state index in [1.54, 1.807) is 6.07 Å². The first kappa shape index (κ1) is 15.4. The normalized spacial score (nSPS) is 11.8. The molecule has 23 heavy (non-hydrogen) atoms. The van der Waals surface area contributed by atoms with Crippen LogP contribution in [0.4, 0.5) is 13.2 Å². The molecule has 0 radical (unpaired) electrons. The Morgan fingerprint density at radius 2 is 1.96 bits per heavy atom. The molecule has 0 atom stereocenters. The number of halogens is 3. The number of hydrogen-bond acceptors (Lipinski definition) is 4. The molecule has 3 rings (SSSR count). The molecule has 0 aliphatic heterocycles. The maximum atomic E-state index is 12.9. The summed E-state index contributed by atoms with van der Waals surface area (Å²) in [5.41, 5.74) is -0.430. The molecule has 0 aliphatic carbocycles. The highest BCUT2D eigenvalue weighted by Gasteiger charge is 2.30. The number of benzene rings is 1. The Morgan fingerprint density at radius 1 is 1.22 bits per heavy atom. The summed E-state index contributed by atoms with van der Waals surface area (Å²) in [5, 5.41) is 9.64. The first-order valence-corrected chi connectivity index (χ1v) is 7.26. The number of alkyl halides is 3. The van der Waals surface area contributed by atoms with Crippen LogP contribution in [-0.2, 0) is 6.18 Å². The van der Waals surface area contributed by atoms with Crippen molar-refractivity contribution in [3.63, 3.8) is 0 Å². The molecule has 0 spiro atoms. The van der Waals surface area contributed by atoms with Gasteiger partial charge in [-0.3, -0.25) is 0 Å². The summed E-state index contributed by atoms with van der Waals surface area (Å²) >= 11 is 1.27. The molecule has 2 heterocycles. The molecule has 0 unspecified atom stereocenters. The Labute approximate surface area is 132 Å². The van der Waals surface area contributed by atoms with E-state index >= 15 is 0 Å². The number of aromatic nitrogens is 2. The maximum Gasteiger partial charge on any atom is 0.416 e. The Morgan fingerprint density at radius 3 is 2.61 bits per heavy atom. The monoisotopic (exact) mass is 338 g/mol. The van der Waals surface area contributed by atoms with E-state index in [2.05, 4.69) is 9.97 Å². The van der Waals surface area contributed by atoms with E-state index in [0.29, 0.717) is 10.2 Å². The molecule has 2 aromatic heterocycles. The fourth-order valence-corrected chi connectivity index (χ4v) is 3.08. The van der Waals surface area contributed by atoms with Crippen LogP contribution in [0.3, 0.4) is 0 Å². The second kappa shape index (κ2) is 5.31. The van der Waals surface area contributed by atoms with Crippen LogP contribution < -0.4 is 0 Å². The van der Waals surface area contributed by atoms with Gasteiger partial charge in [-0.25, -0.2) is 14.8 Å². The van der Waals surface area contributed by atoms with Crippen LogP contribution in [0.5, 0.6) is 0 Å². The van der Waals surface area contributed by atoms with Gasteiger partial charge in [-0.15, -0.1) is 11.3 Å². The highest BCUT2D eigenvalue weighted by molar-refractivity contribution is 7.18. The van der Waals surface area contributed by atoms with E-state index in [9.17, 15) is 18.0 Å².